The van der Waals surface area contributed by atoms with Crippen molar-refractivity contribution in [1.29, 1.82) is 0 Å². The molecule has 0 fully saturated rings. The smallest absolute Gasteiger partial charge is 0.415 e. The van der Waals surface area contributed by atoms with E-state index in [2.05, 4.69) is 0 Å². The van der Waals surface area contributed by atoms with Crippen molar-refractivity contribution in [1.82, 2.24) is 0 Å². The van der Waals surface area contributed by atoms with E-state index in [0.29, 0.717) is 5.00 Å². The zero-order valence-corrected chi connectivity index (χ0v) is 11.1. The van der Waals surface area contributed by atoms with Gasteiger partial charge >= 0.3 is 12.1 Å². The summed E-state index contributed by atoms with van der Waals surface area (Å²) < 4.78 is 5.88. The highest BCUT2D eigenvalue weighted by Crippen LogP contribution is 2.32. The lowest BCUT2D eigenvalue weighted by atomic mass is 10.3. The average molecular weight is 279 g/mol. The van der Waals surface area contributed by atoms with Crippen LogP contribution in [-0.2, 0) is 9.53 Å². The molecule has 2 rings (SSSR count). The monoisotopic (exact) mass is 279 g/mol. The third kappa shape index (κ3) is 3.03. The molecule has 100 valence electrons. The summed E-state index contributed by atoms with van der Waals surface area (Å²) in [6.07, 6.45) is -0.642. The molecule has 0 saturated heterocycles. The molecule has 0 atom stereocenters. The molecule has 0 bridgehead atoms. The molecule has 0 saturated carbocycles. The van der Waals surface area contributed by atoms with Crippen LogP contribution in [0, 0.1) is 0 Å². The Morgan fingerprint density at radius 1 is 1.37 bits per heavy atom. The molecular weight excluding hydrogens is 266 g/mol. The fraction of sp³-hybridized carbons (Fsp3) is 0.231. The number of ether oxygens (including phenoxy) is 1. The SMILES string of the molecule is CCOC(=O)N(CC(=O)O)c1cc2ccccc2s1. The Balaban J connectivity index is 2.35. The number of anilines is 1. The molecule has 19 heavy (non-hydrogen) atoms. The first-order valence-corrected chi connectivity index (χ1v) is 6.58. The molecular formula is C13H13NO4S. The van der Waals surface area contributed by atoms with Crippen LogP contribution < -0.4 is 4.90 Å². The van der Waals surface area contributed by atoms with Gasteiger partial charge in [0.1, 0.15) is 11.5 Å². The van der Waals surface area contributed by atoms with Gasteiger partial charge in [0.05, 0.1) is 6.61 Å². The van der Waals surface area contributed by atoms with Gasteiger partial charge in [-0.3, -0.25) is 9.69 Å². The number of thiophene rings is 1. The largest absolute Gasteiger partial charge is 0.480 e. The first-order chi connectivity index (χ1) is 9.11. The minimum atomic E-state index is -1.08. The molecule has 1 aromatic carbocycles. The van der Waals surface area contributed by atoms with Crippen molar-refractivity contribution in [2.24, 2.45) is 0 Å². The summed E-state index contributed by atoms with van der Waals surface area (Å²) in [5.41, 5.74) is 0. The zero-order valence-electron chi connectivity index (χ0n) is 10.3. The highest BCUT2D eigenvalue weighted by molar-refractivity contribution is 7.23. The normalized spacial score (nSPS) is 10.4. The summed E-state index contributed by atoms with van der Waals surface area (Å²) in [5, 5.41) is 10.4. The van der Waals surface area contributed by atoms with Gasteiger partial charge < -0.3 is 9.84 Å². The molecule has 0 aliphatic rings. The number of fused-ring (bicyclic) bond motifs is 1. The highest BCUT2D eigenvalue weighted by atomic mass is 32.1. The minimum Gasteiger partial charge on any atom is -0.480 e. The molecule has 1 heterocycles. The van der Waals surface area contributed by atoms with Crippen molar-refractivity contribution in [3.8, 4) is 0 Å². The molecule has 0 radical (unpaired) electrons. The van der Waals surface area contributed by atoms with Crippen LogP contribution >= 0.6 is 11.3 Å². The summed E-state index contributed by atoms with van der Waals surface area (Å²) in [6.45, 7) is 1.48. The summed E-state index contributed by atoms with van der Waals surface area (Å²) in [4.78, 5) is 23.8. The number of carbonyl (C=O) groups is 2. The second-order valence-corrected chi connectivity index (χ2v) is 4.86. The van der Waals surface area contributed by atoms with Gasteiger partial charge in [-0.15, -0.1) is 11.3 Å². The maximum Gasteiger partial charge on any atom is 0.415 e. The number of carboxylic acids is 1. The van der Waals surface area contributed by atoms with Crippen LogP contribution in [0.1, 0.15) is 6.92 Å². The lowest BCUT2D eigenvalue weighted by molar-refractivity contribution is -0.135. The third-order valence-electron chi connectivity index (χ3n) is 2.46. The van der Waals surface area contributed by atoms with E-state index in [4.69, 9.17) is 9.84 Å². The third-order valence-corrected chi connectivity index (χ3v) is 3.60. The molecule has 1 aromatic heterocycles. The van der Waals surface area contributed by atoms with Crippen molar-refractivity contribution >= 4 is 38.5 Å². The number of carboxylic acid groups (broad SMARTS) is 1. The number of amides is 1. The standard InChI is InChI=1S/C13H13NO4S/c1-2-18-13(17)14(8-12(15)16)11-7-9-5-3-4-6-10(9)19-11/h3-7H,2,8H2,1H3,(H,15,16). The van der Waals surface area contributed by atoms with Crippen molar-refractivity contribution in [2.45, 2.75) is 6.92 Å². The molecule has 0 spiro atoms. The van der Waals surface area contributed by atoms with Gasteiger partial charge in [-0.05, 0) is 24.4 Å². The number of hydrogen-bond acceptors (Lipinski definition) is 4. The summed E-state index contributed by atoms with van der Waals surface area (Å²) in [6, 6.07) is 9.42. The van der Waals surface area contributed by atoms with Crippen LogP contribution in [-0.4, -0.2) is 30.3 Å². The average Bonchev–Trinajstić information content (AvgIpc) is 2.79. The fourth-order valence-corrected chi connectivity index (χ4v) is 2.72. The maximum absolute atomic E-state index is 11.8. The van der Waals surface area contributed by atoms with Crippen LogP contribution in [0.15, 0.2) is 30.3 Å². The van der Waals surface area contributed by atoms with E-state index in [-0.39, 0.29) is 6.61 Å². The second kappa shape index (κ2) is 5.71. The summed E-state index contributed by atoms with van der Waals surface area (Å²) in [7, 11) is 0. The van der Waals surface area contributed by atoms with Crippen molar-refractivity contribution < 1.29 is 19.4 Å². The Bertz CT molecular complexity index is 574. The van der Waals surface area contributed by atoms with Crippen LogP contribution in [0.3, 0.4) is 0 Å². The Morgan fingerprint density at radius 3 is 2.74 bits per heavy atom. The first-order valence-electron chi connectivity index (χ1n) is 5.76. The predicted octanol–water partition coefficient (Wildman–Crippen LogP) is 2.95. The van der Waals surface area contributed by atoms with Crippen molar-refractivity contribution in [2.75, 3.05) is 18.1 Å². The molecule has 1 N–H and O–H groups in total. The van der Waals surface area contributed by atoms with Gasteiger partial charge in [0, 0.05) is 4.70 Å². The Labute approximate surface area is 114 Å². The van der Waals surface area contributed by atoms with Crippen LogP contribution in [0.25, 0.3) is 10.1 Å². The Hall–Kier alpha value is -2.08. The number of benzene rings is 1. The maximum atomic E-state index is 11.8. The number of aliphatic carboxylic acids is 1. The van der Waals surface area contributed by atoms with Gasteiger partial charge in [-0.1, -0.05) is 18.2 Å². The molecule has 0 aliphatic heterocycles. The summed E-state index contributed by atoms with van der Waals surface area (Å²) in [5.74, 6) is -1.08. The van der Waals surface area contributed by atoms with E-state index >= 15 is 0 Å². The molecule has 6 heteroatoms. The molecule has 5 nitrogen and oxygen atoms in total. The van der Waals surface area contributed by atoms with E-state index in [9.17, 15) is 9.59 Å². The van der Waals surface area contributed by atoms with E-state index in [0.717, 1.165) is 15.0 Å². The van der Waals surface area contributed by atoms with Crippen molar-refractivity contribution in [3.05, 3.63) is 30.3 Å². The first kappa shape index (κ1) is 13.4. The number of carbonyl (C=O) groups excluding carboxylic acids is 1. The molecule has 0 unspecified atom stereocenters. The van der Waals surface area contributed by atoms with Gasteiger partial charge in [-0.2, -0.15) is 0 Å². The van der Waals surface area contributed by atoms with Crippen LogP contribution in [0.5, 0.6) is 0 Å². The van der Waals surface area contributed by atoms with Crippen molar-refractivity contribution in [3.63, 3.8) is 0 Å². The minimum absolute atomic E-state index is 0.208. The van der Waals surface area contributed by atoms with Gasteiger partial charge in [0.2, 0.25) is 0 Å². The zero-order chi connectivity index (χ0) is 13.8. The van der Waals surface area contributed by atoms with Gasteiger partial charge in [0.15, 0.2) is 0 Å². The van der Waals surface area contributed by atoms with Crippen LogP contribution in [0.4, 0.5) is 9.80 Å². The van der Waals surface area contributed by atoms with E-state index in [1.54, 1.807) is 13.0 Å². The van der Waals surface area contributed by atoms with E-state index < -0.39 is 18.6 Å². The van der Waals surface area contributed by atoms with E-state index in [1.807, 2.05) is 24.3 Å². The van der Waals surface area contributed by atoms with E-state index in [1.165, 1.54) is 11.3 Å². The van der Waals surface area contributed by atoms with Gasteiger partial charge in [-0.25, -0.2) is 4.79 Å². The number of rotatable bonds is 4. The summed E-state index contributed by atoms with van der Waals surface area (Å²) >= 11 is 1.36. The van der Waals surface area contributed by atoms with Gasteiger partial charge in [0.25, 0.3) is 0 Å². The molecule has 1 amide bonds. The topological polar surface area (TPSA) is 66.8 Å². The molecule has 0 aliphatic carbocycles. The molecule has 2 aromatic rings. The number of hydrogen-bond donors (Lipinski definition) is 1. The Morgan fingerprint density at radius 2 is 2.11 bits per heavy atom. The predicted molar refractivity (Wildman–Crippen MR) is 73.8 cm³/mol. The fourth-order valence-electron chi connectivity index (χ4n) is 1.67. The van der Waals surface area contributed by atoms with Crippen LogP contribution in [0.2, 0.25) is 0 Å². The Kier molecular flexibility index (Phi) is 4.01. The number of nitrogens with zero attached hydrogens (tertiary/aromatic N) is 1. The highest BCUT2D eigenvalue weighted by Gasteiger charge is 2.21. The lowest BCUT2D eigenvalue weighted by Gasteiger charge is -2.17. The lowest BCUT2D eigenvalue weighted by Crippen LogP contribution is -2.35. The quantitative estimate of drug-likeness (QED) is 0.934. The second-order valence-electron chi connectivity index (χ2n) is 3.80.